The summed E-state index contributed by atoms with van der Waals surface area (Å²) in [5.41, 5.74) is 4.87. The number of ether oxygens (including phenoxy) is 3. The molecule has 9 nitrogen and oxygen atoms in total. The van der Waals surface area contributed by atoms with E-state index in [-0.39, 0.29) is 5.91 Å². The first kappa shape index (κ1) is 21.7. The highest BCUT2D eigenvalue weighted by molar-refractivity contribution is 5.97. The lowest BCUT2D eigenvalue weighted by Gasteiger charge is -2.34. The number of rotatable bonds is 5. The number of nitrogens with one attached hydrogen (secondary N) is 2. The lowest BCUT2D eigenvalue weighted by Crippen LogP contribution is -2.37. The lowest BCUT2D eigenvalue weighted by molar-refractivity contribution is -0.114. The van der Waals surface area contributed by atoms with Gasteiger partial charge in [0.05, 0.1) is 36.3 Å². The maximum Gasteiger partial charge on any atom is 0.222 e. The number of pyridine rings is 3. The van der Waals surface area contributed by atoms with Crippen molar-refractivity contribution in [3.8, 4) is 17.0 Å². The molecular formula is C26H25N5O4. The fraction of sp³-hybridized carbons (Fsp3) is 0.308. The van der Waals surface area contributed by atoms with Crippen LogP contribution in [0.3, 0.4) is 0 Å². The first-order chi connectivity index (χ1) is 17.1. The fourth-order valence-corrected chi connectivity index (χ4v) is 4.82. The molecule has 1 unspecified atom stereocenters. The third-order valence-electron chi connectivity index (χ3n) is 6.49. The first-order valence-electron chi connectivity index (χ1n) is 11.6. The summed E-state index contributed by atoms with van der Waals surface area (Å²) in [4.78, 5) is 28.5. The largest absolute Gasteiger partial charge is 0.488 e. The fourth-order valence-electron chi connectivity index (χ4n) is 4.82. The van der Waals surface area contributed by atoms with Gasteiger partial charge in [0.25, 0.3) is 0 Å². The van der Waals surface area contributed by atoms with Crippen LogP contribution in [0, 0.1) is 0 Å². The van der Waals surface area contributed by atoms with Gasteiger partial charge in [-0.2, -0.15) is 0 Å². The molecule has 0 aliphatic carbocycles. The summed E-state index contributed by atoms with van der Waals surface area (Å²) in [6.07, 6.45) is 8.64. The molecule has 2 N–H and O–H groups in total. The highest BCUT2D eigenvalue weighted by Crippen LogP contribution is 2.44. The van der Waals surface area contributed by atoms with Crippen LogP contribution in [0.15, 0.2) is 49.1 Å². The molecule has 1 amide bonds. The topological polar surface area (TPSA) is 111 Å². The summed E-state index contributed by atoms with van der Waals surface area (Å²) < 4.78 is 18.4. The lowest BCUT2D eigenvalue weighted by atomic mass is 9.89. The zero-order valence-electron chi connectivity index (χ0n) is 19.3. The molecule has 2 aliphatic heterocycles. The van der Waals surface area contributed by atoms with E-state index in [2.05, 4.69) is 20.3 Å². The maximum absolute atomic E-state index is 11.6. The number of anilines is 1. The van der Waals surface area contributed by atoms with Crippen LogP contribution in [-0.2, 0) is 32.9 Å². The van der Waals surface area contributed by atoms with Crippen LogP contribution in [-0.4, -0.2) is 45.7 Å². The predicted molar refractivity (Wildman–Crippen MR) is 129 cm³/mol. The molecule has 0 aromatic carbocycles. The maximum atomic E-state index is 11.6. The van der Waals surface area contributed by atoms with Gasteiger partial charge in [-0.3, -0.25) is 9.78 Å². The van der Waals surface area contributed by atoms with Gasteiger partial charge in [0.2, 0.25) is 5.91 Å². The SMILES string of the molecule is CC(=O)Nc1cc2c(-c3cc(OCc4cccnc4)c4c(n3)C3(CCOC3)OCC4)c[nH]c2cn1. The van der Waals surface area contributed by atoms with Crippen molar-refractivity contribution in [2.24, 2.45) is 0 Å². The molecule has 1 spiro atoms. The Bertz CT molecular complexity index is 1400. The van der Waals surface area contributed by atoms with Crippen LogP contribution in [0.1, 0.15) is 30.2 Å². The highest BCUT2D eigenvalue weighted by atomic mass is 16.6. The number of hydrogen-bond donors (Lipinski definition) is 2. The van der Waals surface area contributed by atoms with Crippen LogP contribution in [0.5, 0.6) is 5.75 Å². The molecular weight excluding hydrogens is 446 g/mol. The quantitative estimate of drug-likeness (QED) is 0.456. The van der Waals surface area contributed by atoms with Gasteiger partial charge < -0.3 is 24.5 Å². The van der Waals surface area contributed by atoms with Gasteiger partial charge >= 0.3 is 0 Å². The Morgan fingerprint density at radius 3 is 3.03 bits per heavy atom. The summed E-state index contributed by atoms with van der Waals surface area (Å²) in [5, 5.41) is 3.66. The third-order valence-corrected chi connectivity index (χ3v) is 6.49. The third kappa shape index (κ3) is 4.02. The van der Waals surface area contributed by atoms with E-state index in [9.17, 15) is 4.79 Å². The molecule has 0 bridgehead atoms. The van der Waals surface area contributed by atoms with E-state index in [1.807, 2.05) is 30.5 Å². The van der Waals surface area contributed by atoms with Crippen LogP contribution in [0.25, 0.3) is 22.2 Å². The molecule has 1 saturated heterocycles. The van der Waals surface area contributed by atoms with E-state index in [4.69, 9.17) is 19.2 Å². The average molecular weight is 472 g/mol. The summed E-state index contributed by atoms with van der Waals surface area (Å²) in [6, 6.07) is 7.74. The molecule has 6 heterocycles. The zero-order chi connectivity index (χ0) is 23.8. The number of aromatic nitrogens is 4. The van der Waals surface area contributed by atoms with Gasteiger partial charge in [-0.05, 0) is 12.1 Å². The van der Waals surface area contributed by atoms with Gasteiger partial charge in [-0.15, -0.1) is 0 Å². The Morgan fingerprint density at radius 2 is 2.23 bits per heavy atom. The molecule has 1 atom stereocenters. The second-order valence-corrected chi connectivity index (χ2v) is 8.88. The minimum Gasteiger partial charge on any atom is -0.488 e. The molecule has 4 aromatic heterocycles. The zero-order valence-corrected chi connectivity index (χ0v) is 19.3. The molecule has 1 fully saturated rings. The van der Waals surface area contributed by atoms with Crippen molar-refractivity contribution in [1.82, 2.24) is 19.9 Å². The van der Waals surface area contributed by atoms with Crippen molar-refractivity contribution in [1.29, 1.82) is 0 Å². The van der Waals surface area contributed by atoms with Crippen molar-refractivity contribution in [2.75, 3.05) is 25.1 Å². The van der Waals surface area contributed by atoms with E-state index in [1.54, 1.807) is 18.6 Å². The van der Waals surface area contributed by atoms with Crippen molar-refractivity contribution in [2.45, 2.75) is 32.0 Å². The summed E-state index contributed by atoms with van der Waals surface area (Å²) in [7, 11) is 0. The highest BCUT2D eigenvalue weighted by Gasteiger charge is 2.44. The molecule has 4 aromatic rings. The van der Waals surface area contributed by atoms with Crippen molar-refractivity contribution in [3.05, 3.63) is 65.9 Å². The Kier molecular flexibility index (Phi) is 5.43. The van der Waals surface area contributed by atoms with Crippen LogP contribution in [0.2, 0.25) is 0 Å². The summed E-state index contributed by atoms with van der Waals surface area (Å²) >= 11 is 0. The smallest absolute Gasteiger partial charge is 0.222 e. The second kappa shape index (κ2) is 8.75. The Labute approximate surface area is 201 Å². The van der Waals surface area contributed by atoms with Crippen LogP contribution >= 0.6 is 0 Å². The van der Waals surface area contributed by atoms with Gasteiger partial charge in [0, 0.05) is 73.1 Å². The molecule has 9 heteroatoms. The monoisotopic (exact) mass is 471 g/mol. The van der Waals surface area contributed by atoms with Gasteiger partial charge in [-0.25, -0.2) is 9.97 Å². The van der Waals surface area contributed by atoms with E-state index in [0.717, 1.165) is 57.6 Å². The standard InChI is InChI=1S/C26H25N5O4/c1-16(32)30-24-9-19-20(12-28-22(19)13-29-24)21-10-23(34-14-17-3-2-6-27-11-17)18-4-7-35-26(25(18)31-21)5-8-33-15-26/h2-3,6,9-13,28H,4-5,7-8,14-15H2,1H3,(H,29,30,32). The number of H-pyrrole nitrogens is 1. The van der Waals surface area contributed by atoms with Gasteiger partial charge in [-0.1, -0.05) is 6.07 Å². The summed E-state index contributed by atoms with van der Waals surface area (Å²) in [6.45, 7) is 3.57. The molecule has 6 rings (SSSR count). The van der Waals surface area contributed by atoms with Gasteiger partial charge in [0.1, 0.15) is 23.8 Å². The van der Waals surface area contributed by atoms with Crippen LogP contribution < -0.4 is 10.1 Å². The Morgan fingerprint density at radius 1 is 1.29 bits per heavy atom. The minimum atomic E-state index is -0.564. The second-order valence-electron chi connectivity index (χ2n) is 8.88. The minimum absolute atomic E-state index is 0.174. The summed E-state index contributed by atoms with van der Waals surface area (Å²) in [5.74, 6) is 1.10. The Hall–Kier alpha value is -3.82. The molecule has 178 valence electrons. The number of hydrogen-bond acceptors (Lipinski definition) is 7. The van der Waals surface area contributed by atoms with E-state index >= 15 is 0 Å². The van der Waals surface area contributed by atoms with E-state index in [1.165, 1.54) is 6.92 Å². The number of fused-ring (bicyclic) bond motifs is 3. The Balaban J connectivity index is 1.47. The molecule has 2 aliphatic rings. The molecule has 35 heavy (non-hydrogen) atoms. The van der Waals surface area contributed by atoms with Gasteiger partial charge in [0.15, 0.2) is 0 Å². The predicted octanol–water partition coefficient (Wildman–Crippen LogP) is 3.75. The van der Waals surface area contributed by atoms with Crippen LogP contribution in [0.4, 0.5) is 5.82 Å². The molecule has 0 saturated carbocycles. The average Bonchev–Trinajstić information content (AvgIpc) is 3.51. The molecule has 0 radical (unpaired) electrons. The number of nitrogens with zero attached hydrogens (tertiary/aromatic N) is 3. The van der Waals surface area contributed by atoms with Crippen molar-refractivity contribution in [3.63, 3.8) is 0 Å². The number of aromatic amines is 1. The number of amides is 1. The number of carbonyl (C=O) groups is 1. The number of carbonyl (C=O) groups excluding carboxylic acids is 1. The van der Waals surface area contributed by atoms with E-state index in [0.29, 0.717) is 32.2 Å². The van der Waals surface area contributed by atoms with Crippen molar-refractivity contribution >= 4 is 22.6 Å². The first-order valence-corrected chi connectivity index (χ1v) is 11.6. The normalized spacial score (nSPS) is 19.1. The van der Waals surface area contributed by atoms with Crippen molar-refractivity contribution < 1.29 is 19.0 Å². The van der Waals surface area contributed by atoms with E-state index < -0.39 is 5.60 Å².